The summed E-state index contributed by atoms with van der Waals surface area (Å²) in [7, 11) is 0. The summed E-state index contributed by atoms with van der Waals surface area (Å²) in [6, 6.07) is 10.7. The zero-order valence-electron chi connectivity index (χ0n) is 18.5. The van der Waals surface area contributed by atoms with Crippen LogP contribution in [0.2, 0.25) is 10.0 Å². The van der Waals surface area contributed by atoms with Crippen LogP contribution in [-0.4, -0.2) is 34.6 Å². The van der Waals surface area contributed by atoms with E-state index in [1.807, 2.05) is 20.8 Å². The maximum atomic E-state index is 13.3. The lowest BCUT2D eigenvalue weighted by Gasteiger charge is -2.31. The number of carbonyl (C=O) groups excluding carboxylic acids is 2. The van der Waals surface area contributed by atoms with Crippen LogP contribution >= 0.6 is 35.0 Å². The topological polar surface area (TPSA) is 49.4 Å². The van der Waals surface area contributed by atoms with Crippen molar-refractivity contribution in [3.63, 3.8) is 0 Å². The van der Waals surface area contributed by atoms with Gasteiger partial charge < -0.3 is 10.2 Å². The third kappa shape index (κ3) is 7.68. The van der Waals surface area contributed by atoms with Crippen molar-refractivity contribution in [1.29, 1.82) is 0 Å². The minimum absolute atomic E-state index is 0.0102. The summed E-state index contributed by atoms with van der Waals surface area (Å²) < 4.78 is 13.3. The Morgan fingerprint density at radius 3 is 2.25 bits per heavy atom. The van der Waals surface area contributed by atoms with Crippen LogP contribution in [0.25, 0.3) is 0 Å². The molecule has 8 heteroatoms. The lowest BCUT2D eigenvalue weighted by Crippen LogP contribution is -2.51. The fourth-order valence-corrected chi connectivity index (χ4v) is 4.79. The summed E-state index contributed by atoms with van der Waals surface area (Å²) in [5.74, 6) is -0.0640. The van der Waals surface area contributed by atoms with E-state index in [0.717, 1.165) is 17.5 Å². The van der Waals surface area contributed by atoms with E-state index in [1.165, 1.54) is 23.9 Å². The third-order valence-electron chi connectivity index (χ3n) is 5.19. The van der Waals surface area contributed by atoms with Gasteiger partial charge in [-0.3, -0.25) is 9.59 Å². The zero-order chi connectivity index (χ0) is 23.7. The third-order valence-corrected chi connectivity index (χ3v) is 6.84. The number of amides is 2. The molecule has 0 aromatic heterocycles. The summed E-state index contributed by atoms with van der Waals surface area (Å²) in [6.07, 6.45) is 1.26. The maximum absolute atomic E-state index is 13.3. The Hall–Kier alpha value is -1.76. The molecule has 2 atom stereocenters. The van der Waals surface area contributed by atoms with Gasteiger partial charge in [0.1, 0.15) is 11.9 Å². The molecular weight excluding hydrogens is 470 g/mol. The van der Waals surface area contributed by atoms with E-state index in [-0.39, 0.29) is 36.0 Å². The van der Waals surface area contributed by atoms with Crippen LogP contribution < -0.4 is 5.32 Å². The van der Waals surface area contributed by atoms with Crippen molar-refractivity contribution in [3.05, 3.63) is 69.5 Å². The highest BCUT2D eigenvalue weighted by Gasteiger charge is 2.29. The molecule has 0 aliphatic heterocycles. The van der Waals surface area contributed by atoms with Crippen molar-refractivity contribution < 1.29 is 14.0 Å². The SMILES string of the molecule is CC[C@@H](C)NC(=O)[C@H](CC)N(Cc1ccc(F)cc1)C(=O)CSCc1c(Cl)cccc1Cl. The molecule has 174 valence electrons. The van der Waals surface area contributed by atoms with E-state index in [1.54, 1.807) is 35.2 Å². The van der Waals surface area contributed by atoms with Crippen molar-refractivity contribution >= 4 is 46.8 Å². The van der Waals surface area contributed by atoms with Crippen molar-refractivity contribution in [2.24, 2.45) is 0 Å². The highest BCUT2D eigenvalue weighted by molar-refractivity contribution is 7.99. The molecule has 1 N–H and O–H groups in total. The van der Waals surface area contributed by atoms with Crippen LogP contribution in [0.3, 0.4) is 0 Å². The second-order valence-electron chi connectivity index (χ2n) is 7.58. The molecule has 32 heavy (non-hydrogen) atoms. The van der Waals surface area contributed by atoms with E-state index in [4.69, 9.17) is 23.2 Å². The molecule has 2 aromatic rings. The second kappa shape index (κ2) is 13.1. The smallest absolute Gasteiger partial charge is 0.243 e. The number of rotatable bonds is 11. The van der Waals surface area contributed by atoms with E-state index in [0.29, 0.717) is 22.2 Å². The molecule has 4 nitrogen and oxygen atoms in total. The molecule has 0 spiro atoms. The van der Waals surface area contributed by atoms with E-state index < -0.39 is 6.04 Å². The number of hydrogen-bond acceptors (Lipinski definition) is 3. The fraction of sp³-hybridized carbons (Fsp3) is 0.417. The lowest BCUT2D eigenvalue weighted by molar-refractivity contribution is -0.139. The highest BCUT2D eigenvalue weighted by Crippen LogP contribution is 2.28. The lowest BCUT2D eigenvalue weighted by atomic mass is 10.1. The van der Waals surface area contributed by atoms with Crippen LogP contribution in [0.5, 0.6) is 0 Å². The number of halogens is 3. The van der Waals surface area contributed by atoms with Gasteiger partial charge in [-0.1, -0.05) is 55.2 Å². The average Bonchev–Trinajstić information content (AvgIpc) is 2.76. The molecule has 0 aliphatic carbocycles. The molecule has 0 saturated carbocycles. The van der Waals surface area contributed by atoms with Crippen molar-refractivity contribution in [2.75, 3.05) is 5.75 Å². The second-order valence-corrected chi connectivity index (χ2v) is 9.38. The quantitative estimate of drug-likeness (QED) is 0.407. The Bertz CT molecular complexity index is 891. The van der Waals surface area contributed by atoms with Gasteiger partial charge in [-0.15, -0.1) is 11.8 Å². The highest BCUT2D eigenvalue weighted by atomic mass is 35.5. The monoisotopic (exact) mass is 498 g/mol. The number of nitrogens with zero attached hydrogens (tertiary/aromatic N) is 1. The number of benzene rings is 2. The molecule has 2 rings (SSSR count). The van der Waals surface area contributed by atoms with Gasteiger partial charge in [0.2, 0.25) is 11.8 Å². The van der Waals surface area contributed by atoms with E-state index >= 15 is 0 Å². The van der Waals surface area contributed by atoms with E-state index in [2.05, 4.69) is 5.32 Å². The summed E-state index contributed by atoms with van der Waals surface area (Å²) in [5.41, 5.74) is 1.54. The Kier molecular flexibility index (Phi) is 10.8. The molecule has 0 aliphatic rings. The number of thioether (sulfide) groups is 1. The van der Waals surface area contributed by atoms with Gasteiger partial charge in [0.05, 0.1) is 5.75 Å². The molecule has 0 bridgehead atoms. The molecule has 0 heterocycles. The first kappa shape index (κ1) is 26.5. The summed E-state index contributed by atoms with van der Waals surface area (Å²) in [4.78, 5) is 27.7. The molecule has 0 fully saturated rings. The Labute approximate surface area is 203 Å². The maximum Gasteiger partial charge on any atom is 0.243 e. The predicted molar refractivity (Wildman–Crippen MR) is 132 cm³/mol. The number of nitrogens with one attached hydrogen (secondary N) is 1. The van der Waals surface area contributed by atoms with Crippen LogP contribution in [0.4, 0.5) is 4.39 Å². The largest absolute Gasteiger partial charge is 0.352 e. The number of hydrogen-bond donors (Lipinski definition) is 1. The summed E-state index contributed by atoms with van der Waals surface area (Å²) >= 11 is 13.8. The molecular formula is C24H29Cl2FN2O2S. The first-order valence-electron chi connectivity index (χ1n) is 10.6. The molecule has 0 saturated heterocycles. The molecule has 2 aromatic carbocycles. The standard InChI is InChI=1S/C24H29Cl2FN2O2S/c1-4-16(3)28-24(31)22(5-2)29(13-17-9-11-18(27)12-10-17)23(30)15-32-14-19-20(25)7-6-8-21(19)26/h6-12,16,22H,4-5,13-15H2,1-3H3,(H,28,31)/t16-,22+/m1/s1. The van der Waals surface area contributed by atoms with Gasteiger partial charge in [0.15, 0.2) is 0 Å². The molecule has 0 unspecified atom stereocenters. The Morgan fingerprint density at radius 2 is 1.69 bits per heavy atom. The Balaban J connectivity index is 2.16. The van der Waals surface area contributed by atoms with Gasteiger partial charge in [0.25, 0.3) is 0 Å². The van der Waals surface area contributed by atoms with Crippen LogP contribution in [0.15, 0.2) is 42.5 Å². The summed E-state index contributed by atoms with van der Waals surface area (Å²) in [5, 5.41) is 4.08. The zero-order valence-corrected chi connectivity index (χ0v) is 20.9. The first-order valence-corrected chi connectivity index (χ1v) is 12.5. The van der Waals surface area contributed by atoms with E-state index in [9.17, 15) is 14.0 Å². The normalized spacial score (nSPS) is 12.8. The van der Waals surface area contributed by atoms with Crippen molar-refractivity contribution in [2.45, 2.75) is 58.0 Å². The predicted octanol–water partition coefficient (Wildman–Crippen LogP) is 6.09. The van der Waals surface area contributed by atoms with Gasteiger partial charge in [-0.05, 0) is 55.2 Å². The minimum atomic E-state index is -0.619. The van der Waals surface area contributed by atoms with Gasteiger partial charge >= 0.3 is 0 Å². The van der Waals surface area contributed by atoms with Crippen molar-refractivity contribution in [1.82, 2.24) is 10.2 Å². The summed E-state index contributed by atoms with van der Waals surface area (Å²) in [6.45, 7) is 6.02. The fourth-order valence-electron chi connectivity index (χ4n) is 3.14. The van der Waals surface area contributed by atoms with Crippen LogP contribution in [0, 0.1) is 5.82 Å². The number of carbonyl (C=O) groups is 2. The van der Waals surface area contributed by atoms with Gasteiger partial charge in [-0.25, -0.2) is 4.39 Å². The van der Waals surface area contributed by atoms with Gasteiger partial charge in [0, 0.05) is 28.4 Å². The molecule has 0 radical (unpaired) electrons. The minimum Gasteiger partial charge on any atom is -0.352 e. The molecule has 2 amide bonds. The van der Waals surface area contributed by atoms with Crippen LogP contribution in [-0.2, 0) is 21.9 Å². The van der Waals surface area contributed by atoms with Gasteiger partial charge in [-0.2, -0.15) is 0 Å². The van der Waals surface area contributed by atoms with Crippen LogP contribution in [0.1, 0.15) is 44.7 Å². The first-order chi connectivity index (χ1) is 15.3. The Morgan fingerprint density at radius 1 is 1.06 bits per heavy atom. The van der Waals surface area contributed by atoms with Crippen molar-refractivity contribution in [3.8, 4) is 0 Å². The average molecular weight is 499 g/mol.